The molecule has 33 heavy (non-hydrogen) atoms. The number of amides is 2. The van der Waals surface area contributed by atoms with Gasteiger partial charge in [-0.25, -0.2) is 9.78 Å². The van der Waals surface area contributed by atoms with E-state index in [0.717, 1.165) is 25.0 Å². The van der Waals surface area contributed by atoms with Gasteiger partial charge in [0.25, 0.3) is 5.56 Å². The van der Waals surface area contributed by atoms with E-state index in [1.54, 1.807) is 0 Å². The molecule has 0 unspecified atom stereocenters. The number of anilines is 3. The molecule has 2 aromatic heterocycles. The Hall–Kier alpha value is -2.95. The lowest BCUT2D eigenvalue weighted by Gasteiger charge is -2.26. The number of aromatic amines is 1. The summed E-state index contributed by atoms with van der Waals surface area (Å²) in [5.74, 6) is -0.226. The monoisotopic (exact) mass is 476 g/mol. The van der Waals surface area contributed by atoms with Crippen LogP contribution in [0, 0.1) is 5.92 Å². The van der Waals surface area contributed by atoms with E-state index in [2.05, 4.69) is 15.3 Å². The Morgan fingerprint density at radius 2 is 2.06 bits per heavy atom. The number of nitrogens with two attached hydrogens (primary N) is 1. The fourth-order valence-electron chi connectivity index (χ4n) is 3.51. The Bertz CT molecular complexity index is 1110. The number of H-pyrrole nitrogens is 1. The van der Waals surface area contributed by atoms with Crippen molar-refractivity contribution in [3.8, 4) is 0 Å². The summed E-state index contributed by atoms with van der Waals surface area (Å²) >= 11 is 1.37. The Morgan fingerprint density at radius 1 is 1.33 bits per heavy atom. The summed E-state index contributed by atoms with van der Waals surface area (Å²) in [5, 5.41) is 5.22. The van der Waals surface area contributed by atoms with Crippen molar-refractivity contribution in [2.24, 2.45) is 5.92 Å². The SMILES string of the molecule is CCCCn1c(N)c(N(CC(C)C)C(=O)CCC(=O)Nc2nc(C3CC3)cs2)c(=O)[nH]c1=O. The molecule has 1 fully saturated rings. The zero-order chi connectivity index (χ0) is 24.1. The number of hydrogen-bond acceptors (Lipinski definition) is 7. The summed E-state index contributed by atoms with van der Waals surface area (Å²) in [6, 6.07) is 0. The number of nitrogen functional groups attached to an aromatic ring is 1. The van der Waals surface area contributed by atoms with E-state index >= 15 is 0 Å². The molecule has 11 heteroatoms. The van der Waals surface area contributed by atoms with E-state index in [0.29, 0.717) is 24.0 Å². The van der Waals surface area contributed by atoms with Crippen molar-refractivity contribution < 1.29 is 9.59 Å². The number of aromatic nitrogens is 3. The zero-order valence-corrected chi connectivity index (χ0v) is 20.2. The van der Waals surface area contributed by atoms with Crippen LogP contribution in [-0.2, 0) is 16.1 Å². The highest BCUT2D eigenvalue weighted by molar-refractivity contribution is 7.13. The summed E-state index contributed by atoms with van der Waals surface area (Å²) < 4.78 is 1.29. The van der Waals surface area contributed by atoms with E-state index < -0.39 is 17.2 Å². The first kappa shape index (κ1) is 24.7. The molecule has 0 aliphatic heterocycles. The maximum atomic E-state index is 13.1. The van der Waals surface area contributed by atoms with Crippen LogP contribution in [0.15, 0.2) is 15.0 Å². The topological polar surface area (TPSA) is 143 Å². The van der Waals surface area contributed by atoms with Gasteiger partial charge in [-0.1, -0.05) is 27.2 Å². The lowest BCUT2D eigenvalue weighted by Crippen LogP contribution is -2.42. The Balaban J connectivity index is 1.73. The molecule has 10 nitrogen and oxygen atoms in total. The molecule has 0 atom stereocenters. The molecule has 3 rings (SSSR count). The Kier molecular flexibility index (Phi) is 8.06. The van der Waals surface area contributed by atoms with Crippen LogP contribution >= 0.6 is 11.3 Å². The lowest BCUT2D eigenvalue weighted by molar-refractivity contribution is -0.122. The molecule has 1 aliphatic rings. The van der Waals surface area contributed by atoms with Gasteiger partial charge in [0.15, 0.2) is 10.8 Å². The van der Waals surface area contributed by atoms with E-state index in [-0.39, 0.29) is 42.7 Å². The third-order valence-corrected chi connectivity index (χ3v) is 6.17. The van der Waals surface area contributed by atoms with Crippen molar-refractivity contribution in [1.82, 2.24) is 14.5 Å². The molecule has 0 spiro atoms. The number of carbonyl (C=O) groups excluding carboxylic acids is 2. The van der Waals surface area contributed by atoms with Gasteiger partial charge in [0.05, 0.1) is 5.69 Å². The van der Waals surface area contributed by atoms with Gasteiger partial charge >= 0.3 is 5.69 Å². The summed E-state index contributed by atoms with van der Waals surface area (Å²) in [4.78, 5) is 58.3. The molecular weight excluding hydrogens is 444 g/mol. The van der Waals surface area contributed by atoms with E-state index in [1.165, 1.54) is 20.8 Å². The number of thiazole rings is 1. The standard InChI is InChI=1S/C22H32N6O4S/c1-4-5-10-27-19(23)18(20(31)26-22(27)32)28(11-13(2)3)17(30)9-8-16(29)25-21-24-15(12-33-21)14-6-7-14/h12-14H,4-11,23H2,1-3H3,(H,24,25,29)(H,26,31,32). The fourth-order valence-corrected chi connectivity index (χ4v) is 4.32. The highest BCUT2D eigenvalue weighted by atomic mass is 32.1. The van der Waals surface area contributed by atoms with Crippen LogP contribution in [0.2, 0.25) is 0 Å². The molecule has 1 aliphatic carbocycles. The minimum absolute atomic E-state index is 0.0359. The second-order valence-corrected chi connectivity index (χ2v) is 9.65. The van der Waals surface area contributed by atoms with Crippen molar-refractivity contribution >= 4 is 39.8 Å². The molecular formula is C22H32N6O4S. The summed E-state index contributed by atoms with van der Waals surface area (Å²) in [5.41, 5.74) is 5.85. The van der Waals surface area contributed by atoms with Gasteiger partial charge in [-0.15, -0.1) is 11.3 Å². The normalized spacial score (nSPS) is 13.3. The Labute approximate surface area is 196 Å². The first-order valence-corrected chi connectivity index (χ1v) is 12.3. The van der Waals surface area contributed by atoms with E-state index in [9.17, 15) is 19.2 Å². The molecule has 0 aromatic carbocycles. The summed E-state index contributed by atoms with van der Waals surface area (Å²) in [6.45, 7) is 6.37. The predicted molar refractivity (Wildman–Crippen MR) is 130 cm³/mol. The molecule has 2 heterocycles. The van der Waals surface area contributed by atoms with Crippen molar-refractivity contribution in [2.45, 2.75) is 71.8 Å². The molecule has 0 bridgehead atoms. The van der Waals surface area contributed by atoms with Gasteiger partial charge in [-0.3, -0.25) is 23.9 Å². The van der Waals surface area contributed by atoms with E-state index in [1.807, 2.05) is 26.2 Å². The third kappa shape index (κ3) is 6.31. The van der Waals surface area contributed by atoms with Crippen LogP contribution in [0.1, 0.15) is 70.9 Å². The number of hydrogen-bond donors (Lipinski definition) is 3. The van der Waals surface area contributed by atoms with Crippen molar-refractivity contribution in [3.05, 3.63) is 31.9 Å². The van der Waals surface area contributed by atoms with Crippen molar-refractivity contribution in [1.29, 1.82) is 0 Å². The van der Waals surface area contributed by atoms with Gasteiger partial charge in [0.1, 0.15) is 5.82 Å². The molecule has 0 radical (unpaired) electrons. The quantitative estimate of drug-likeness (QED) is 0.455. The Morgan fingerprint density at radius 3 is 2.70 bits per heavy atom. The molecule has 2 amide bonds. The van der Waals surface area contributed by atoms with Gasteiger partial charge in [0, 0.05) is 37.2 Å². The highest BCUT2D eigenvalue weighted by Crippen LogP contribution is 2.40. The first-order chi connectivity index (χ1) is 15.7. The van der Waals surface area contributed by atoms with Crippen LogP contribution in [0.4, 0.5) is 16.6 Å². The highest BCUT2D eigenvalue weighted by Gasteiger charge is 2.27. The number of rotatable bonds is 11. The minimum Gasteiger partial charge on any atom is -0.383 e. The van der Waals surface area contributed by atoms with Crippen LogP contribution in [0.5, 0.6) is 0 Å². The van der Waals surface area contributed by atoms with Crippen LogP contribution < -0.4 is 27.2 Å². The van der Waals surface area contributed by atoms with Gasteiger partial charge in [0.2, 0.25) is 11.8 Å². The van der Waals surface area contributed by atoms with Crippen LogP contribution in [-0.4, -0.2) is 32.9 Å². The zero-order valence-electron chi connectivity index (χ0n) is 19.3. The van der Waals surface area contributed by atoms with Crippen molar-refractivity contribution in [2.75, 3.05) is 22.5 Å². The molecule has 1 saturated carbocycles. The van der Waals surface area contributed by atoms with E-state index in [4.69, 9.17) is 5.73 Å². The number of nitrogens with zero attached hydrogens (tertiary/aromatic N) is 3. The smallest absolute Gasteiger partial charge is 0.330 e. The van der Waals surface area contributed by atoms with Crippen molar-refractivity contribution in [3.63, 3.8) is 0 Å². The molecule has 2 aromatic rings. The average Bonchev–Trinajstić information content (AvgIpc) is 3.50. The fraction of sp³-hybridized carbons (Fsp3) is 0.591. The third-order valence-electron chi connectivity index (χ3n) is 5.40. The maximum absolute atomic E-state index is 13.1. The summed E-state index contributed by atoms with van der Waals surface area (Å²) in [7, 11) is 0. The number of unbranched alkanes of at least 4 members (excludes halogenated alkanes) is 1. The molecule has 4 N–H and O–H groups in total. The number of nitrogens with one attached hydrogen (secondary N) is 2. The maximum Gasteiger partial charge on any atom is 0.330 e. The van der Waals surface area contributed by atoms with Crippen LogP contribution in [0.25, 0.3) is 0 Å². The number of carbonyl (C=O) groups is 2. The lowest BCUT2D eigenvalue weighted by atomic mass is 10.1. The van der Waals surface area contributed by atoms with Gasteiger partial charge in [-0.05, 0) is 25.2 Å². The first-order valence-electron chi connectivity index (χ1n) is 11.4. The minimum atomic E-state index is -0.709. The molecule has 180 valence electrons. The molecule has 0 saturated heterocycles. The second kappa shape index (κ2) is 10.8. The predicted octanol–water partition coefficient (Wildman–Crippen LogP) is 2.66. The summed E-state index contributed by atoms with van der Waals surface area (Å²) in [6.07, 6.45) is 3.64. The second-order valence-electron chi connectivity index (χ2n) is 8.80. The van der Waals surface area contributed by atoms with Gasteiger partial charge < -0.3 is 16.0 Å². The van der Waals surface area contributed by atoms with Crippen LogP contribution in [0.3, 0.4) is 0 Å². The van der Waals surface area contributed by atoms with Gasteiger partial charge in [-0.2, -0.15) is 0 Å². The average molecular weight is 477 g/mol. The largest absolute Gasteiger partial charge is 0.383 e.